The maximum atomic E-state index is 12.0. The zero-order valence-corrected chi connectivity index (χ0v) is 12.5. The fourth-order valence-electron chi connectivity index (χ4n) is 2.45. The average Bonchev–Trinajstić information content (AvgIpc) is 2.73. The quantitative estimate of drug-likeness (QED) is 0.869. The van der Waals surface area contributed by atoms with Crippen molar-refractivity contribution < 1.29 is 14.7 Å². The van der Waals surface area contributed by atoms with Crippen LogP contribution in [-0.2, 0) is 4.79 Å². The summed E-state index contributed by atoms with van der Waals surface area (Å²) in [5.74, 6) is -0.500. The van der Waals surface area contributed by atoms with Crippen LogP contribution >= 0.6 is 15.9 Å². The summed E-state index contributed by atoms with van der Waals surface area (Å²) in [6.07, 6.45) is 0.546. The van der Waals surface area contributed by atoms with Gasteiger partial charge in [0.05, 0.1) is 5.56 Å². The number of hydrogen-bond acceptors (Lipinski definition) is 2. The Hall–Kier alpha value is -1.36. The highest BCUT2D eigenvalue weighted by molar-refractivity contribution is 9.09. The Morgan fingerprint density at radius 1 is 1.42 bits per heavy atom. The summed E-state index contributed by atoms with van der Waals surface area (Å²) in [6.45, 7) is 4.34. The predicted octanol–water partition coefficient (Wildman–Crippen LogP) is 2.75. The number of nitrogens with zero attached hydrogens (tertiary/aromatic N) is 1. The lowest BCUT2D eigenvalue weighted by molar-refractivity contribution is -0.117. The molecular formula is C14H16BrNO3. The first-order chi connectivity index (χ1) is 8.95. The molecule has 1 amide bonds. The van der Waals surface area contributed by atoms with E-state index in [4.69, 9.17) is 5.11 Å². The van der Waals surface area contributed by atoms with Gasteiger partial charge < -0.3 is 10.0 Å². The monoisotopic (exact) mass is 325 g/mol. The molecule has 0 radical (unpaired) electrons. The Kier molecular flexibility index (Phi) is 3.94. The van der Waals surface area contributed by atoms with Crippen molar-refractivity contribution in [3.8, 4) is 0 Å². The molecule has 1 N–H and O–H groups in total. The number of carbonyl (C=O) groups excluding carboxylic acids is 1. The lowest BCUT2D eigenvalue weighted by Gasteiger charge is -2.21. The van der Waals surface area contributed by atoms with Crippen LogP contribution in [0.15, 0.2) is 12.1 Å². The summed E-state index contributed by atoms with van der Waals surface area (Å²) in [6, 6.07) is 3.31. The number of carbonyl (C=O) groups is 2. The first-order valence-corrected chi connectivity index (χ1v) is 7.27. The Balaban J connectivity index is 2.39. The summed E-state index contributed by atoms with van der Waals surface area (Å²) < 4.78 is 0. The molecule has 0 aromatic heterocycles. The molecule has 1 aliphatic rings. The first kappa shape index (κ1) is 14.1. The van der Waals surface area contributed by atoms with Crippen LogP contribution in [0.4, 0.5) is 5.69 Å². The van der Waals surface area contributed by atoms with Gasteiger partial charge in [-0.3, -0.25) is 4.79 Å². The van der Waals surface area contributed by atoms with Crippen LogP contribution in [0.3, 0.4) is 0 Å². The molecule has 1 unspecified atom stereocenters. The van der Waals surface area contributed by atoms with E-state index in [1.807, 2.05) is 6.92 Å². The van der Waals surface area contributed by atoms with E-state index < -0.39 is 5.97 Å². The molecule has 1 aliphatic heterocycles. The Labute approximate surface area is 120 Å². The molecule has 1 saturated heterocycles. The maximum Gasteiger partial charge on any atom is 0.335 e. The zero-order valence-electron chi connectivity index (χ0n) is 10.9. The summed E-state index contributed by atoms with van der Waals surface area (Å²) in [5.41, 5.74) is 2.71. The predicted molar refractivity (Wildman–Crippen MR) is 77.1 cm³/mol. The number of alkyl halides is 1. The topological polar surface area (TPSA) is 57.6 Å². The second-order valence-electron chi connectivity index (χ2n) is 4.92. The van der Waals surface area contributed by atoms with E-state index in [2.05, 4.69) is 15.9 Å². The third-order valence-electron chi connectivity index (χ3n) is 3.70. The van der Waals surface area contributed by atoms with Crippen molar-refractivity contribution in [2.24, 2.45) is 5.92 Å². The van der Waals surface area contributed by atoms with Gasteiger partial charge in [-0.1, -0.05) is 15.9 Å². The van der Waals surface area contributed by atoms with E-state index in [0.29, 0.717) is 24.4 Å². The van der Waals surface area contributed by atoms with Crippen molar-refractivity contribution in [2.45, 2.75) is 20.3 Å². The Bertz CT molecular complexity index is 542. The van der Waals surface area contributed by atoms with Gasteiger partial charge in [0.1, 0.15) is 0 Å². The first-order valence-electron chi connectivity index (χ1n) is 6.15. The third-order valence-corrected chi connectivity index (χ3v) is 4.62. The van der Waals surface area contributed by atoms with Gasteiger partial charge in [-0.05, 0) is 43.0 Å². The zero-order chi connectivity index (χ0) is 14.2. The van der Waals surface area contributed by atoms with Crippen molar-refractivity contribution >= 4 is 33.5 Å². The molecule has 2 rings (SSSR count). The number of aromatic carboxylic acids is 1. The van der Waals surface area contributed by atoms with E-state index in [1.165, 1.54) is 0 Å². The minimum absolute atomic E-state index is 0.107. The van der Waals surface area contributed by atoms with E-state index in [9.17, 15) is 9.59 Å². The fraction of sp³-hybridized carbons (Fsp3) is 0.429. The molecule has 0 spiro atoms. The van der Waals surface area contributed by atoms with Gasteiger partial charge in [0.2, 0.25) is 5.91 Å². The van der Waals surface area contributed by atoms with Crippen LogP contribution in [0.25, 0.3) is 0 Å². The van der Waals surface area contributed by atoms with Crippen LogP contribution in [0, 0.1) is 19.8 Å². The van der Waals surface area contributed by atoms with Crippen molar-refractivity contribution in [3.05, 3.63) is 28.8 Å². The minimum atomic E-state index is -0.932. The van der Waals surface area contributed by atoms with Crippen LogP contribution in [0.1, 0.15) is 27.9 Å². The van der Waals surface area contributed by atoms with Crippen LogP contribution in [0.2, 0.25) is 0 Å². The highest BCUT2D eigenvalue weighted by Crippen LogP contribution is 2.31. The Morgan fingerprint density at radius 2 is 2.11 bits per heavy atom. The summed E-state index contributed by atoms with van der Waals surface area (Å²) >= 11 is 3.41. The molecule has 0 bridgehead atoms. The van der Waals surface area contributed by atoms with Crippen molar-refractivity contribution in [1.82, 2.24) is 0 Å². The molecule has 1 atom stereocenters. The van der Waals surface area contributed by atoms with Crippen LogP contribution in [-0.4, -0.2) is 28.9 Å². The fourth-order valence-corrected chi connectivity index (χ4v) is 2.88. The number of halogens is 1. The molecule has 102 valence electrons. The molecule has 19 heavy (non-hydrogen) atoms. The van der Waals surface area contributed by atoms with Gasteiger partial charge in [0.25, 0.3) is 0 Å². The average molecular weight is 326 g/mol. The van der Waals surface area contributed by atoms with Gasteiger partial charge in [0.15, 0.2) is 0 Å². The molecular weight excluding hydrogens is 310 g/mol. The smallest absolute Gasteiger partial charge is 0.335 e. The maximum absolute atomic E-state index is 12.0. The van der Waals surface area contributed by atoms with E-state index in [0.717, 1.165) is 22.1 Å². The third kappa shape index (κ3) is 2.52. The van der Waals surface area contributed by atoms with Crippen LogP contribution < -0.4 is 4.90 Å². The number of rotatable bonds is 3. The van der Waals surface area contributed by atoms with E-state index in [1.54, 1.807) is 24.0 Å². The molecule has 1 fully saturated rings. The summed E-state index contributed by atoms with van der Waals surface area (Å²) in [7, 11) is 0. The lowest BCUT2D eigenvalue weighted by Crippen LogP contribution is -2.26. The van der Waals surface area contributed by atoms with Gasteiger partial charge in [-0.15, -0.1) is 0 Å². The summed E-state index contributed by atoms with van der Waals surface area (Å²) in [5, 5.41) is 9.90. The molecule has 5 heteroatoms. The number of amides is 1. The highest BCUT2D eigenvalue weighted by atomic mass is 79.9. The van der Waals surface area contributed by atoms with Gasteiger partial charge in [-0.25, -0.2) is 4.79 Å². The van der Waals surface area contributed by atoms with E-state index in [-0.39, 0.29) is 5.91 Å². The number of carboxylic acid groups (broad SMARTS) is 1. The normalized spacial score (nSPS) is 19.0. The SMILES string of the molecule is Cc1c(C(=O)O)ccc(N2CC(CBr)CC2=O)c1C. The molecule has 0 saturated carbocycles. The molecule has 0 aliphatic carbocycles. The molecule has 1 heterocycles. The largest absolute Gasteiger partial charge is 0.478 e. The van der Waals surface area contributed by atoms with Crippen molar-refractivity contribution in [3.63, 3.8) is 0 Å². The van der Waals surface area contributed by atoms with E-state index >= 15 is 0 Å². The number of carboxylic acids is 1. The molecule has 1 aromatic rings. The highest BCUT2D eigenvalue weighted by Gasteiger charge is 2.31. The Morgan fingerprint density at radius 3 is 2.63 bits per heavy atom. The van der Waals surface area contributed by atoms with Gasteiger partial charge in [-0.2, -0.15) is 0 Å². The molecule has 1 aromatic carbocycles. The summed E-state index contributed by atoms with van der Waals surface area (Å²) in [4.78, 5) is 24.9. The number of benzene rings is 1. The second-order valence-corrected chi connectivity index (χ2v) is 5.56. The lowest BCUT2D eigenvalue weighted by atomic mass is 10.0. The minimum Gasteiger partial charge on any atom is -0.478 e. The number of anilines is 1. The van der Waals surface area contributed by atoms with Gasteiger partial charge in [0, 0.05) is 24.0 Å². The second kappa shape index (κ2) is 5.33. The molecule has 4 nitrogen and oxygen atoms in total. The van der Waals surface area contributed by atoms with Crippen molar-refractivity contribution in [2.75, 3.05) is 16.8 Å². The van der Waals surface area contributed by atoms with Gasteiger partial charge >= 0.3 is 5.97 Å². The number of hydrogen-bond donors (Lipinski definition) is 1. The van der Waals surface area contributed by atoms with Crippen LogP contribution in [0.5, 0.6) is 0 Å². The standard InChI is InChI=1S/C14H16BrNO3/c1-8-9(2)12(4-3-11(8)14(18)19)16-7-10(6-15)5-13(16)17/h3-4,10H,5-7H2,1-2H3,(H,18,19). The van der Waals surface area contributed by atoms with Crippen molar-refractivity contribution in [1.29, 1.82) is 0 Å².